The molecule has 2 saturated heterocycles. The Balaban J connectivity index is 1.72. The van der Waals surface area contributed by atoms with Gasteiger partial charge in [-0.25, -0.2) is 18.4 Å². The van der Waals surface area contributed by atoms with Gasteiger partial charge in [0, 0.05) is 39.3 Å². The van der Waals surface area contributed by atoms with E-state index in [1.54, 1.807) is 0 Å². The van der Waals surface area contributed by atoms with Crippen LogP contribution in [-0.2, 0) is 29.1 Å². The Bertz CT molecular complexity index is 936. The molecule has 0 saturated carbocycles. The van der Waals surface area contributed by atoms with Gasteiger partial charge < -0.3 is 24.2 Å². The molecule has 1 aromatic rings. The molecule has 2 heterocycles. The second kappa shape index (κ2) is 8.98. The van der Waals surface area contributed by atoms with E-state index < -0.39 is 27.8 Å². The van der Waals surface area contributed by atoms with Crippen LogP contribution in [-0.4, -0.2) is 95.6 Å². The van der Waals surface area contributed by atoms with Gasteiger partial charge in [-0.05, 0) is 18.2 Å². The zero-order chi connectivity index (χ0) is 21.9. The maximum atomic E-state index is 12.5. The third-order valence-electron chi connectivity index (χ3n) is 5.09. The highest BCUT2D eigenvalue weighted by Gasteiger charge is 2.31. The number of hydrogen-bond acceptors (Lipinski definition) is 8. The fourth-order valence-corrected chi connectivity index (χ4v) is 3.97. The quantitative estimate of drug-likeness (QED) is 0.448. The van der Waals surface area contributed by atoms with Gasteiger partial charge in [0.2, 0.25) is 10.0 Å². The van der Waals surface area contributed by atoms with Crippen LogP contribution in [0.1, 0.15) is 10.4 Å². The molecule has 11 nitrogen and oxygen atoms in total. The second-order valence-electron chi connectivity index (χ2n) is 6.90. The predicted molar refractivity (Wildman–Crippen MR) is 105 cm³/mol. The van der Waals surface area contributed by atoms with Crippen LogP contribution in [0.4, 0.5) is 5.69 Å². The average molecular weight is 440 g/mol. The van der Waals surface area contributed by atoms with Crippen LogP contribution < -0.4 is 10.0 Å². The summed E-state index contributed by atoms with van der Waals surface area (Å²) in [6.07, 6.45) is 0. The number of sulfonamides is 1. The molecule has 2 aliphatic rings. The van der Waals surface area contributed by atoms with Crippen molar-refractivity contribution < 1.29 is 32.3 Å². The van der Waals surface area contributed by atoms with Crippen molar-refractivity contribution in [2.75, 3.05) is 64.5 Å². The summed E-state index contributed by atoms with van der Waals surface area (Å²) in [6, 6.07) is 3.98. The normalized spacial score (nSPS) is 17.6. The highest BCUT2D eigenvalue weighted by molar-refractivity contribution is 7.89. The van der Waals surface area contributed by atoms with Crippen LogP contribution in [0.5, 0.6) is 0 Å². The number of primary sulfonamides is 1. The minimum atomic E-state index is -3.99. The van der Waals surface area contributed by atoms with Crippen LogP contribution in [0.15, 0.2) is 23.1 Å². The number of nitrogens with zero attached hydrogens (tertiary/aromatic N) is 3. The molecule has 0 atom stereocenters. The number of methoxy groups -OCH3 is 1. The first-order valence-corrected chi connectivity index (χ1v) is 10.9. The van der Waals surface area contributed by atoms with Gasteiger partial charge >= 0.3 is 17.8 Å². The number of rotatable bonds is 3. The van der Waals surface area contributed by atoms with Gasteiger partial charge in [-0.1, -0.05) is 0 Å². The maximum absolute atomic E-state index is 12.5. The first-order valence-electron chi connectivity index (χ1n) is 9.38. The van der Waals surface area contributed by atoms with Crippen molar-refractivity contribution in [2.45, 2.75) is 4.90 Å². The van der Waals surface area contributed by atoms with E-state index in [4.69, 9.17) is 14.6 Å². The van der Waals surface area contributed by atoms with E-state index in [9.17, 15) is 22.8 Å². The van der Waals surface area contributed by atoms with Gasteiger partial charge in [-0.3, -0.25) is 9.59 Å². The summed E-state index contributed by atoms with van der Waals surface area (Å²) in [5, 5.41) is 5.16. The Labute approximate surface area is 174 Å². The van der Waals surface area contributed by atoms with Crippen LogP contribution in [0.25, 0.3) is 0 Å². The molecule has 164 valence electrons. The van der Waals surface area contributed by atoms with E-state index in [-0.39, 0.29) is 23.5 Å². The molecule has 0 radical (unpaired) electrons. The number of anilines is 1. The average Bonchev–Trinajstić information content (AvgIpc) is 2.77. The van der Waals surface area contributed by atoms with Crippen molar-refractivity contribution >= 4 is 33.5 Å². The van der Waals surface area contributed by atoms with E-state index in [1.807, 2.05) is 4.90 Å². The van der Waals surface area contributed by atoms with Gasteiger partial charge in [0.15, 0.2) is 0 Å². The minimum absolute atomic E-state index is 0.0631. The first kappa shape index (κ1) is 22.0. The highest BCUT2D eigenvalue weighted by atomic mass is 32.2. The van der Waals surface area contributed by atoms with Crippen molar-refractivity contribution in [1.82, 2.24) is 9.80 Å². The fourth-order valence-electron chi connectivity index (χ4n) is 3.43. The van der Waals surface area contributed by atoms with Crippen LogP contribution in [0, 0.1) is 0 Å². The molecule has 2 aliphatic heterocycles. The Morgan fingerprint density at radius 3 is 2.07 bits per heavy atom. The van der Waals surface area contributed by atoms with Crippen molar-refractivity contribution in [3.8, 4) is 0 Å². The lowest BCUT2D eigenvalue weighted by atomic mass is 10.1. The highest BCUT2D eigenvalue weighted by Crippen LogP contribution is 2.26. The Kier molecular flexibility index (Phi) is 6.58. The van der Waals surface area contributed by atoms with E-state index in [0.29, 0.717) is 45.1 Å². The molecule has 2 fully saturated rings. The van der Waals surface area contributed by atoms with E-state index in [1.165, 1.54) is 35.1 Å². The summed E-state index contributed by atoms with van der Waals surface area (Å²) >= 11 is 0. The van der Waals surface area contributed by atoms with Gasteiger partial charge in [0.25, 0.3) is 0 Å². The first-order chi connectivity index (χ1) is 14.2. The summed E-state index contributed by atoms with van der Waals surface area (Å²) in [7, 11) is -2.79. The maximum Gasteiger partial charge on any atom is 0.340 e. The monoisotopic (exact) mass is 440 g/mol. The van der Waals surface area contributed by atoms with E-state index >= 15 is 0 Å². The number of esters is 1. The molecule has 0 unspecified atom stereocenters. The topological polar surface area (TPSA) is 140 Å². The molecule has 30 heavy (non-hydrogen) atoms. The van der Waals surface area contributed by atoms with Crippen LogP contribution >= 0.6 is 0 Å². The number of nitrogens with two attached hydrogens (primary N) is 1. The lowest BCUT2D eigenvalue weighted by Gasteiger charge is -2.37. The number of carbonyl (C=O) groups excluding carboxylic acids is 3. The third kappa shape index (κ3) is 4.71. The number of benzene rings is 1. The number of amides is 2. The van der Waals surface area contributed by atoms with Gasteiger partial charge in [0.1, 0.15) is 0 Å². The summed E-state index contributed by atoms with van der Waals surface area (Å²) in [4.78, 5) is 41.7. The zero-order valence-electron chi connectivity index (χ0n) is 16.6. The minimum Gasteiger partial charge on any atom is -0.465 e. The Morgan fingerprint density at radius 2 is 1.53 bits per heavy atom. The van der Waals surface area contributed by atoms with Gasteiger partial charge in [-0.2, -0.15) is 0 Å². The molecule has 12 heteroatoms. The number of piperazine rings is 1. The Hall–Kier alpha value is -2.70. The molecule has 3 rings (SSSR count). The molecule has 0 spiro atoms. The summed E-state index contributed by atoms with van der Waals surface area (Å²) in [5.41, 5.74) is 0.536. The third-order valence-corrected chi connectivity index (χ3v) is 6.00. The lowest BCUT2D eigenvalue weighted by Crippen LogP contribution is -2.54. The number of ether oxygens (including phenoxy) is 2. The molecule has 2 N–H and O–H groups in total. The number of carbonyl (C=O) groups is 3. The fraction of sp³-hybridized carbons (Fsp3) is 0.500. The van der Waals surface area contributed by atoms with Crippen molar-refractivity contribution in [1.29, 1.82) is 0 Å². The number of morpholine rings is 1. The van der Waals surface area contributed by atoms with E-state index in [0.717, 1.165) is 0 Å². The van der Waals surface area contributed by atoms with Crippen LogP contribution in [0.2, 0.25) is 0 Å². The molecular weight excluding hydrogens is 416 g/mol. The van der Waals surface area contributed by atoms with Crippen LogP contribution in [0.3, 0.4) is 0 Å². The number of hydrogen-bond donors (Lipinski definition) is 1. The molecule has 0 aliphatic carbocycles. The standard InChI is InChI=1S/C18H24N4O7S/c1-28-18(25)14-12-13(30(19,26)27)2-3-15(14)20-4-6-21(7-5-20)16(23)17(24)22-8-10-29-11-9-22/h2-3,12H,4-11H2,1H3,(H2,19,26,27). The van der Waals surface area contributed by atoms with Gasteiger partial charge in [0.05, 0.1) is 36.5 Å². The SMILES string of the molecule is COC(=O)c1cc(S(N)(=O)=O)ccc1N1CCN(C(=O)C(=O)N2CCOCC2)CC1. The summed E-state index contributed by atoms with van der Waals surface area (Å²) < 4.78 is 33.2. The lowest BCUT2D eigenvalue weighted by molar-refractivity contribution is -0.154. The Morgan fingerprint density at radius 1 is 0.967 bits per heavy atom. The molecular formula is C18H24N4O7S. The summed E-state index contributed by atoms with van der Waals surface area (Å²) in [5.74, 6) is -1.80. The largest absolute Gasteiger partial charge is 0.465 e. The molecule has 1 aromatic carbocycles. The molecule has 2 amide bonds. The zero-order valence-corrected chi connectivity index (χ0v) is 17.4. The second-order valence-corrected chi connectivity index (χ2v) is 8.46. The predicted octanol–water partition coefficient (Wildman–Crippen LogP) is -1.37. The van der Waals surface area contributed by atoms with Crippen molar-refractivity contribution in [3.05, 3.63) is 23.8 Å². The van der Waals surface area contributed by atoms with Crippen molar-refractivity contribution in [2.24, 2.45) is 5.14 Å². The smallest absolute Gasteiger partial charge is 0.340 e. The van der Waals surface area contributed by atoms with Crippen molar-refractivity contribution in [3.63, 3.8) is 0 Å². The summed E-state index contributed by atoms with van der Waals surface area (Å²) in [6.45, 7) is 2.91. The molecule has 0 aromatic heterocycles. The molecule has 0 bridgehead atoms. The van der Waals surface area contributed by atoms with Gasteiger partial charge in [-0.15, -0.1) is 0 Å². The van der Waals surface area contributed by atoms with E-state index in [2.05, 4.69) is 0 Å².